The summed E-state index contributed by atoms with van der Waals surface area (Å²) in [7, 11) is 0. The van der Waals surface area contributed by atoms with Crippen LogP contribution in [0.2, 0.25) is 0 Å². The molecule has 3 unspecified atom stereocenters. The van der Waals surface area contributed by atoms with E-state index in [1.54, 1.807) is 6.26 Å². The molecule has 1 aromatic rings. The van der Waals surface area contributed by atoms with Crippen molar-refractivity contribution < 1.29 is 9.15 Å². The number of halogens is 1. The lowest BCUT2D eigenvalue weighted by Crippen LogP contribution is -2.72. The predicted molar refractivity (Wildman–Crippen MR) is 109 cm³/mol. The summed E-state index contributed by atoms with van der Waals surface area (Å²) in [5, 5.41) is 7.08. The van der Waals surface area contributed by atoms with Gasteiger partial charge < -0.3 is 19.8 Å². The Morgan fingerprint density at radius 1 is 1.44 bits per heavy atom. The van der Waals surface area contributed by atoms with Crippen molar-refractivity contribution in [2.45, 2.75) is 44.2 Å². The van der Waals surface area contributed by atoms with E-state index in [0.29, 0.717) is 30.0 Å². The summed E-state index contributed by atoms with van der Waals surface area (Å²) >= 11 is 0. The summed E-state index contributed by atoms with van der Waals surface area (Å²) in [6, 6.07) is 4.41. The highest BCUT2D eigenvalue weighted by Crippen LogP contribution is 2.62. The molecular weight excluding hydrogens is 429 g/mol. The summed E-state index contributed by atoms with van der Waals surface area (Å²) < 4.78 is 11.4. The molecule has 3 aliphatic rings. The van der Waals surface area contributed by atoms with Gasteiger partial charge in [-0.05, 0) is 31.4 Å². The SMILES string of the molecule is C=CCNC(=NCCc1ccco1)NC1C2CCOC2C12CCC2.I. The van der Waals surface area contributed by atoms with Crippen LogP contribution in [0.15, 0.2) is 40.5 Å². The minimum atomic E-state index is 0. The van der Waals surface area contributed by atoms with Crippen LogP contribution in [0.1, 0.15) is 31.4 Å². The van der Waals surface area contributed by atoms with Gasteiger partial charge in [0.15, 0.2) is 5.96 Å². The number of furan rings is 1. The van der Waals surface area contributed by atoms with Crippen LogP contribution in [0.4, 0.5) is 0 Å². The van der Waals surface area contributed by atoms with Gasteiger partial charge in [0.25, 0.3) is 0 Å². The summed E-state index contributed by atoms with van der Waals surface area (Å²) in [6.45, 7) is 6.14. The molecule has 5 nitrogen and oxygen atoms in total. The molecule has 1 saturated heterocycles. The minimum Gasteiger partial charge on any atom is -0.469 e. The van der Waals surface area contributed by atoms with Crippen LogP contribution in [0.3, 0.4) is 0 Å². The quantitative estimate of drug-likeness (QED) is 0.298. The highest BCUT2D eigenvalue weighted by atomic mass is 127. The smallest absolute Gasteiger partial charge is 0.191 e. The molecule has 3 atom stereocenters. The third-order valence-electron chi connectivity index (χ3n) is 5.95. The van der Waals surface area contributed by atoms with Gasteiger partial charge in [0, 0.05) is 43.5 Å². The van der Waals surface area contributed by atoms with E-state index >= 15 is 0 Å². The lowest BCUT2D eigenvalue weighted by molar-refractivity contribution is -0.171. The molecule has 25 heavy (non-hydrogen) atoms. The first kappa shape index (κ1) is 18.8. The molecular formula is C19H28IN3O2. The van der Waals surface area contributed by atoms with E-state index in [1.807, 2.05) is 18.2 Å². The van der Waals surface area contributed by atoms with E-state index in [-0.39, 0.29) is 24.0 Å². The first-order valence-electron chi connectivity index (χ1n) is 9.13. The lowest BCUT2D eigenvalue weighted by Gasteiger charge is -2.63. The average molecular weight is 457 g/mol. The molecule has 0 aromatic carbocycles. The second kappa shape index (κ2) is 8.12. The Hall–Kier alpha value is -1.02. The maximum atomic E-state index is 6.00. The fourth-order valence-corrected chi connectivity index (χ4v) is 4.66. The van der Waals surface area contributed by atoms with Gasteiger partial charge in [0.1, 0.15) is 5.76 Å². The molecule has 138 valence electrons. The molecule has 0 radical (unpaired) electrons. The van der Waals surface area contributed by atoms with E-state index in [2.05, 4.69) is 17.2 Å². The van der Waals surface area contributed by atoms with Crippen molar-refractivity contribution in [1.82, 2.24) is 10.6 Å². The second-order valence-electron chi connectivity index (χ2n) is 7.18. The van der Waals surface area contributed by atoms with Crippen LogP contribution >= 0.6 is 24.0 Å². The molecule has 6 heteroatoms. The third-order valence-corrected chi connectivity index (χ3v) is 5.95. The normalized spacial score (nSPS) is 29.1. The van der Waals surface area contributed by atoms with Crippen molar-refractivity contribution >= 4 is 29.9 Å². The van der Waals surface area contributed by atoms with Crippen LogP contribution in [0, 0.1) is 11.3 Å². The van der Waals surface area contributed by atoms with Crippen molar-refractivity contribution in [3.05, 3.63) is 36.8 Å². The van der Waals surface area contributed by atoms with Gasteiger partial charge in [-0.2, -0.15) is 0 Å². The Morgan fingerprint density at radius 2 is 2.32 bits per heavy atom. The molecule has 0 bridgehead atoms. The lowest BCUT2D eigenvalue weighted by atomic mass is 9.46. The van der Waals surface area contributed by atoms with Crippen molar-refractivity contribution in [1.29, 1.82) is 0 Å². The number of ether oxygens (including phenoxy) is 1. The van der Waals surface area contributed by atoms with Gasteiger partial charge in [0.05, 0.1) is 12.4 Å². The number of fused-ring (bicyclic) bond motifs is 2. The van der Waals surface area contributed by atoms with E-state index < -0.39 is 0 Å². The monoisotopic (exact) mass is 457 g/mol. The zero-order chi connectivity index (χ0) is 16.4. The zero-order valence-corrected chi connectivity index (χ0v) is 16.9. The number of guanidine groups is 1. The van der Waals surface area contributed by atoms with Gasteiger partial charge in [-0.1, -0.05) is 12.5 Å². The summed E-state index contributed by atoms with van der Waals surface area (Å²) in [5.41, 5.74) is 0.360. The first-order chi connectivity index (χ1) is 11.8. The van der Waals surface area contributed by atoms with Gasteiger partial charge >= 0.3 is 0 Å². The van der Waals surface area contributed by atoms with Crippen molar-refractivity contribution in [3.8, 4) is 0 Å². The number of rotatable bonds is 6. The molecule has 2 heterocycles. The zero-order valence-electron chi connectivity index (χ0n) is 14.6. The van der Waals surface area contributed by atoms with Crippen molar-refractivity contribution in [2.24, 2.45) is 16.3 Å². The minimum absolute atomic E-state index is 0. The molecule has 3 fully saturated rings. The number of hydrogen-bond acceptors (Lipinski definition) is 3. The summed E-state index contributed by atoms with van der Waals surface area (Å²) in [4.78, 5) is 4.74. The van der Waals surface area contributed by atoms with E-state index in [0.717, 1.165) is 31.3 Å². The third kappa shape index (κ3) is 3.47. The molecule has 0 amide bonds. The van der Waals surface area contributed by atoms with Crippen LogP contribution in [0.5, 0.6) is 0 Å². The standard InChI is InChI=1S/C19H27N3O2.HI/c1-2-10-20-18(21-11-6-14-5-3-12-23-14)22-16-15-7-13-24-17(15)19(16)8-4-9-19;/h2-3,5,12,15-17H,1,4,6-11,13H2,(H2,20,21,22);1H. The van der Waals surface area contributed by atoms with E-state index in [4.69, 9.17) is 14.1 Å². The number of nitrogens with zero attached hydrogens (tertiary/aromatic N) is 1. The highest BCUT2D eigenvalue weighted by Gasteiger charge is 2.66. The Balaban J connectivity index is 0.00000182. The average Bonchev–Trinajstić information content (AvgIpc) is 3.18. The van der Waals surface area contributed by atoms with Crippen LogP contribution in [0.25, 0.3) is 0 Å². The maximum absolute atomic E-state index is 6.00. The largest absolute Gasteiger partial charge is 0.469 e. The van der Waals surface area contributed by atoms with Crippen molar-refractivity contribution in [3.63, 3.8) is 0 Å². The topological polar surface area (TPSA) is 58.8 Å². The molecule has 1 aliphatic heterocycles. The highest BCUT2D eigenvalue weighted by molar-refractivity contribution is 14.0. The molecule has 1 spiro atoms. The molecule has 1 aromatic heterocycles. The summed E-state index contributed by atoms with van der Waals surface area (Å²) in [5.74, 6) is 2.51. The maximum Gasteiger partial charge on any atom is 0.191 e. The Labute approximate surface area is 166 Å². The molecule has 2 N–H and O–H groups in total. The molecule has 2 aliphatic carbocycles. The van der Waals surface area contributed by atoms with Crippen LogP contribution < -0.4 is 10.6 Å². The summed E-state index contributed by atoms with van der Waals surface area (Å²) in [6.07, 6.45) is 9.95. The fraction of sp³-hybridized carbons (Fsp3) is 0.632. The van der Waals surface area contributed by atoms with Gasteiger partial charge in [-0.15, -0.1) is 30.6 Å². The number of nitrogens with one attached hydrogen (secondary N) is 2. The van der Waals surface area contributed by atoms with Gasteiger partial charge in [-0.25, -0.2) is 0 Å². The predicted octanol–water partition coefficient (Wildman–Crippen LogP) is 3.12. The Morgan fingerprint density at radius 3 is 3.00 bits per heavy atom. The first-order valence-corrected chi connectivity index (χ1v) is 9.13. The fourth-order valence-electron chi connectivity index (χ4n) is 4.66. The van der Waals surface area contributed by atoms with E-state index in [1.165, 1.54) is 25.7 Å². The van der Waals surface area contributed by atoms with Crippen molar-refractivity contribution in [2.75, 3.05) is 19.7 Å². The number of hydrogen-bond donors (Lipinski definition) is 2. The Kier molecular flexibility index (Phi) is 6.09. The van der Waals surface area contributed by atoms with Gasteiger partial charge in [-0.3, -0.25) is 4.99 Å². The number of aliphatic imine (C=N–C) groups is 1. The van der Waals surface area contributed by atoms with Gasteiger partial charge in [0.2, 0.25) is 0 Å². The molecule has 4 rings (SSSR count). The van der Waals surface area contributed by atoms with Crippen LogP contribution in [-0.4, -0.2) is 37.8 Å². The molecule has 2 saturated carbocycles. The van der Waals surface area contributed by atoms with E-state index in [9.17, 15) is 0 Å². The second-order valence-corrected chi connectivity index (χ2v) is 7.18. The Bertz CT molecular complexity index is 598. The van der Waals surface area contributed by atoms with Crippen LogP contribution in [-0.2, 0) is 11.2 Å².